The summed E-state index contributed by atoms with van der Waals surface area (Å²) in [6.45, 7) is 3.53. The van der Waals surface area contributed by atoms with Gasteiger partial charge in [-0.25, -0.2) is 0 Å². The molecule has 0 aliphatic carbocycles. The summed E-state index contributed by atoms with van der Waals surface area (Å²) in [5, 5.41) is 13.0. The Bertz CT molecular complexity index is 320. The van der Waals surface area contributed by atoms with Gasteiger partial charge in [-0.3, -0.25) is 4.98 Å². The summed E-state index contributed by atoms with van der Waals surface area (Å²) in [6.07, 6.45) is 2.17. The van der Waals surface area contributed by atoms with Crippen LogP contribution in [0.2, 0.25) is 0 Å². The second kappa shape index (κ2) is 6.58. The van der Waals surface area contributed by atoms with Crippen molar-refractivity contribution in [1.29, 1.82) is 0 Å². The summed E-state index contributed by atoms with van der Waals surface area (Å²) >= 11 is 6.70. The third kappa shape index (κ3) is 4.18. The third-order valence-electron chi connectivity index (χ3n) is 1.92. The van der Waals surface area contributed by atoms with E-state index in [-0.39, 0.29) is 0 Å². The van der Waals surface area contributed by atoms with E-state index in [9.17, 15) is 5.11 Å². The number of pyridine rings is 1. The first kappa shape index (κ1) is 13.1. The first-order chi connectivity index (χ1) is 7.15. The molecule has 2 N–H and O–H groups in total. The van der Waals surface area contributed by atoms with Crippen LogP contribution in [-0.4, -0.2) is 23.2 Å². The fraction of sp³-hybridized carbons (Fsp3) is 0.500. The monoisotopic (exact) mass is 336 g/mol. The Morgan fingerprint density at radius 2 is 2.27 bits per heavy atom. The lowest BCUT2D eigenvalue weighted by atomic mass is 10.2. The van der Waals surface area contributed by atoms with Crippen molar-refractivity contribution in [3.05, 3.63) is 26.9 Å². The van der Waals surface area contributed by atoms with Crippen molar-refractivity contribution in [2.45, 2.75) is 19.4 Å². The molecule has 1 heterocycles. The molecule has 1 atom stereocenters. The van der Waals surface area contributed by atoms with Crippen LogP contribution < -0.4 is 5.32 Å². The molecule has 0 saturated heterocycles. The van der Waals surface area contributed by atoms with Crippen LogP contribution in [-0.2, 0) is 0 Å². The van der Waals surface area contributed by atoms with Gasteiger partial charge in [0.05, 0.1) is 5.69 Å². The minimum Gasteiger partial charge on any atom is -0.385 e. The highest BCUT2D eigenvalue weighted by molar-refractivity contribution is 9.11. The smallest absolute Gasteiger partial charge is 0.109 e. The summed E-state index contributed by atoms with van der Waals surface area (Å²) in [6, 6.07) is 1.88. The second-order valence-electron chi connectivity index (χ2n) is 3.24. The fourth-order valence-corrected chi connectivity index (χ4v) is 2.43. The van der Waals surface area contributed by atoms with Crippen LogP contribution >= 0.6 is 31.9 Å². The molecule has 0 amide bonds. The van der Waals surface area contributed by atoms with Gasteiger partial charge in [0, 0.05) is 21.7 Å². The van der Waals surface area contributed by atoms with Gasteiger partial charge in [0.1, 0.15) is 6.10 Å². The average Bonchev–Trinajstić information content (AvgIpc) is 2.17. The maximum atomic E-state index is 9.85. The van der Waals surface area contributed by atoms with Crippen LogP contribution in [0.25, 0.3) is 0 Å². The molecule has 0 saturated carbocycles. The predicted octanol–water partition coefficient (Wildman–Crippen LogP) is 2.64. The zero-order chi connectivity index (χ0) is 11.3. The number of halogens is 2. The molecular weight excluding hydrogens is 324 g/mol. The maximum Gasteiger partial charge on any atom is 0.109 e. The molecule has 15 heavy (non-hydrogen) atoms. The second-order valence-corrected chi connectivity index (χ2v) is 5.01. The number of rotatable bonds is 5. The number of aliphatic hydroxyl groups is 1. The van der Waals surface area contributed by atoms with Crippen LogP contribution in [0, 0.1) is 0 Å². The van der Waals surface area contributed by atoms with Crippen LogP contribution in [0.3, 0.4) is 0 Å². The third-order valence-corrected chi connectivity index (χ3v) is 2.99. The topological polar surface area (TPSA) is 45.1 Å². The largest absolute Gasteiger partial charge is 0.385 e. The van der Waals surface area contributed by atoms with E-state index >= 15 is 0 Å². The molecule has 0 bridgehead atoms. The lowest BCUT2D eigenvalue weighted by Crippen LogP contribution is -2.22. The van der Waals surface area contributed by atoms with Gasteiger partial charge >= 0.3 is 0 Å². The molecule has 1 unspecified atom stereocenters. The lowest BCUT2D eigenvalue weighted by molar-refractivity contribution is 0.169. The zero-order valence-electron chi connectivity index (χ0n) is 8.50. The lowest BCUT2D eigenvalue weighted by Gasteiger charge is -2.12. The molecule has 0 aliphatic rings. The Morgan fingerprint density at radius 1 is 1.53 bits per heavy atom. The van der Waals surface area contributed by atoms with E-state index in [0.717, 1.165) is 21.9 Å². The fourth-order valence-electron chi connectivity index (χ4n) is 1.18. The van der Waals surface area contributed by atoms with Gasteiger partial charge in [0.2, 0.25) is 0 Å². The number of aromatic nitrogens is 1. The van der Waals surface area contributed by atoms with Gasteiger partial charge in [-0.1, -0.05) is 6.92 Å². The van der Waals surface area contributed by atoms with Crippen molar-refractivity contribution in [2.75, 3.05) is 13.1 Å². The average molecular weight is 338 g/mol. The molecule has 1 aromatic heterocycles. The summed E-state index contributed by atoms with van der Waals surface area (Å²) < 4.78 is 1.72. The predicted molar refractivity (Wildman–Crippen MR) is 67.8 cm³/mol. The quantitative estimate of drug-likeness (QED) is 0.812. The Balaban J connectivity index is 2.61. The highest BCUT2D eigenvalue weighted by atomic mass is 79.9. The standard InChI is InChI=1S/C10H14Br2N2O/c1-2-3-13-6-9(15)10-8(12)4-7(11)5-14-10/h4-5,9,13,15H,2-3,6H2,1H3. The van der Waals surface area contributed by atoms with E-state index in [0.29, 0.717) is 12.2 Å². The molecule has 1 aromatic rings. The Kier molecular flexibility index (Phi) is 5.74. The first-order valence-corrected chi connectivity index (χ1v) is 6.43. The molecule has 1 rings (SSSR count). The summed E-state index contributed by atoms with van der Waals surface area (Å²) in [7, 11) is 0. The summed E-state index contributed by atoms with van der Waals surface area (Å²) in [5.74, 6) is 0. The number of aliphatic hydroxyl groups excluding tert-OH is 1. The molecule has 0 aromatic carbocycles. The van der Waals surface area contributed by atoms with Gasteiger partial charge in [-0.15, -0.1) is 0 Å². The minimum absolute atomic E-state index is 0.529. The van der Waals surface area contributed by atoms with Crippen molar-refractivity contribution < 1.29 is 5.11 Å². The minimum atomic E-state index is -0.570. The molecule has 3 nitrogen and oxygen atoms in total. The van der Waals surface area contributed by atoms with Crippen molar-refractivity contribution in [1.82, 2.24) is 10.3 Å². The normalized spacial score (nSPS) is 12.8. The molecule has 0 fully saturated rings. The van der Waals surface area contributed by atoms with Gasteiger partial charge in [0.25, 0.3) is 0 Å². The highest BCUT2D eigenvalue weighted by Gasteiger charge is 2.12. The number of nitrogens with one attached hydrogen (secondary N) is 1. The number of nitrogens with zero attached hydrogens (tertiary/aromatic N) is 1. The zero-order valence-corrected chi connectivity index (χ0v) is 11.7. The van der Waals surface area contributed by atoms with Crippen molar-refractivity contribution in [3.63, 3.8) is 0 Å². The van der Waals surface area contributed by atoms with Crippen LogP contribution in [0.1, 0.15) is 25.1 Å². The van der Waals surface area contributed by atoms with Crippen LogP contribution in [0.15, 0.2) is 21.2 Å². The Labute approximate surface area is 107 Å². The maximum absolute atomic E-state index is 9.85. The molecule has 84 valence electrons. The first-order valence-electron chi connectivity index (χ1n) is 4.85. The SMILES string of the molecule is CCCNCC(O)c1ncc(Br)cc1Br. The Morgan fingerprint density at radius 3 is 2.87 bits per heavy atom. The van der Waals surface area contributed by atoms with E-state index in [1.165, 1.54) is 0 Å². The van der Waals surface area contributed by atoms with Crippen molar-refractivity contribution >= 4 is 31.9 Å². The molecular formula is C10H14Br2N2O. The summed E-state index contributed by atoms with van der Waals surface area (Å²) in [4.78, 5) is 4.17. The van der Waals surface area contributed by atoms with E-state index in [1.54, 1.807) is 6.20 Å². The molecule has 5 heteroatoms. The van der Waals surface area contributed by atoms with Crippen LogP contribution in [0.4, 0.5) is 0 Å². The van der Waals surface area contributed by atoms with Crippen molar-refractivity contribution in [2.24, 2.45) is 0 Å². The number of hydrogen-bond donors (Lipinski definition) is 2. The van der Waals surface area contributed by atoms with Gasteiger partial charge in [-0.2, -0.15) is 0 Å². The Hall–Kier alpha value is 0.0300. The molecule has 0 radical (unpaired) electrons. The number of hydrogen-bond acceptors (Lipinski definition) is 3. The van der Waals surface area contributed by atoms with Gasteiger partial charge in [0.15, 0.2) is 0 Å². The van der Waals surface area contributed by atoms with E-state index < -0.39 is 6.10 Å². The molecule has 0 spiro atoms. The van der Waals surface area contributed by atoms with E-state index in [2.05, 4.69) is 49.1 Å². The van der Waals surface area contributed by atoms with E-state index in [4.69, 9.17) is 0 Å². The highest BCUT2D eigenvalue weighted by Crippen LogP contribution is 2.24. The van der Waals surface area contributed by atoms with Crippen LogP contribution in [0.5, 0.6) is 0 Å². The van der Waals surface area contributed by atoms with Gasteiger partial charge < -0.3 is 10.4 Å². The van der Waals surface area contributed by atoms with Crippen molar-refractivity contribution in [3.8, 4) is 0 Å². The van der Waals surface area contributed by atoms with Gasteiger partial charge in [-0.05, 0) is 50.9 Å². The van der Waals surface area contributed by atoms with E-state index in [1.807, 2.05) is 6.07 Å². The molecule has 0 aliphatic heterocycles. The summed E-state index contributed by atoms with van der Waals surface area (Å²) in [5.41, 5.74) is 0.668.